The zero-order valence-electron chi connectivity index (χ0n) is 20.5. The molecule has 0 spiro atoms. The molecule has 4 aromatic rings. The molecule has 3 aromatic heterocycles. The lowest BCUT2D eigenvalue weighted by atomic mass is 9.63. The summed E-state index contributed by atoms with van der Waals surface area (Å²) < 4.78 is 38.9. The van der Waals surface area contributed by atoms with E-state index in [0.29, 0.717) is 29.1 Å². The highest BCUT2D eigenvalue weighted by Crippen LogP contribution is 2.51. The number of carboxylic acid groups (broad SMARTS) is 1. The van der Waals surface area contributed by atoms with Crippen molar-refractivity contribution >= 4 is 39.8 Å². The quantitative estimate of drug-likeness (QED) is 0.280. The number of rotatable bonds is 5. The second-order valence-corrected chi connectivity index (χ2v) is 11.2. The number of thiazole rings is 1. The maximum absolute atomic E-state index is 13.0. The van der Waals surface area contributed by atoms with Gasteiger partial charge in [0.1, 0.15) is 16.3 Å². The van der Waals surface area contributed by atoms with Gasteiger partial charge in [-0.05, 0) is 48.9 Å². The fourth-order valence-corrected chi connectivity index (χ4v) is 6.21. The first-order valence-electron chi connectivity index (χ1n) is 11.8. The van der Waals surface area contributed by atoms with Crippen molar-refractivity contribution < 1.29 is 28.2 Å². The van der Waals surface area contributed by atoms with E-state index in [9.17, 15) is 28.2 Å². The zero-order chi connectivity index (χ0) is 27.3. The molecular weight excluding hydrogens is 519 g/mol. The van der Waals surface area contributed by atoms with Crippen LogP contribution in [0.5, 0.6) is 0 Å². The van der Waals surface area contributed by atoms with Crippen molar-refractivity contribution in [2.75, 3.05) is 5.32 Å². The predicted octanol–water partition coefficient (Wildman–Crippen LogP) is 6.01. The van der Waals surface area contributed by atoms with Crippen LogP contribution in [0.15, 0.2) is 48.9 Å². The van der Waals surface area contributed by atoms with Gasteiger partial charge < -0.3 is 15.5 Å². The Labute approximate surface area is 219 Å². The van der Waals surface area contributed by atoms with Crippen LogP contribution in [-0.2, 0) is 16.6 Å². The number of alkyl halides is 3. The van der Waals surface area contributed by atoms with E-state index in [1.165, 1.54) is 11.3 Å². The molecule has 1 aliphatic carbocycles. The van der Waals surface area contributed by atoms with Crippen LogP contribution in [0.2, 0.25) is 0 Å². The van der Waals surface area contributed by atoms with Gasteiger partial charge in [0.25, 0.3) is 0 Å². The number of anilines is 2. The van der Waals surface area contributed by atoms with E-state index in [-0.39, 0.29) is 12.4 Å². The smallest absolute Gasteiger partial charge is 0.433 e. The number of nitrogens with one attached hydrogen (secondary N) is 1. The number of hydrogen-bond acceptors (Lipinski definition) is 8. The van der Waals surface area contributed by atoms with Gasteiger partial charge >= 0.3 is 12.1 Å². The third-order valence-corrected chi connectivity index (χ3v) is 8.17. The Kier molecular flexibility index (Phi) is 6.35. The average Bonchev–Trinajstić information content (AvgIpc) is 3.33. The molecule has 0 radical (unpaired) electrons. The molecule has 1 aromatic carbocycles. The lowest BCUT2D eigenvalue weighted by Crippen LogP contribution is -2.44. The number of aliphatic hydroxyl groups is 1. The summed E-state index contributed by atoms with van der Waals surface area (Å²) in [6.07, 6.45) is 0.726. The number of carbonyl (C=O) groups is 1. The highest BCUT2D eigenvalue weighted by molar-refractivity contribution is 7.15. The van der Waals surface area contributed by atoms with Gasteiger partial charge in [-0.25, -0.2) is 15.0 Å². The van der Waals surface area contributed by atoms with E-state index in [4.69, 9.17) is 0 Å². The van der Waals surface area contributed by atoms with Gasteiger partial charge in [0, 0.05) is 35.2 Å². The van der Waals surface area contributed by atoms with Crippen molar-refractivity contribution in [2.24, 2.45) is 11.3 Å². The van der Waals surface area contributed by atoms with Crippen LogP contribution in [-0.4, -0.2) is 36.1 Å². The minimum Gasteiger partial charge on any atom is -0.481 e. The number of hydrogen-bond donors (Lipinski definition) is 3. The fraction of sp³-hybridized carbons (Fsp3) is 0.346. The number of pyridine rings is 1. The second kappa shape index (κ2) is 9.28. The molecule has 198 valence electrons. The largest absolute Gasteiger partial charge is 0.481 e. The van der Waals surface area contributed by atoms with Gasteiger partial charge in [0.2, 0.25) is 5.95 Å². The second-order valence-electron chi connectivity index (χ2n) is 10.1. The molecule has 0 amide bonds. The molecule has 0 bridgehead atoms. The van der Waals surface area contributed by atoms with Gasteiger partial charge in [0.05, 0.1) is 16.3 Å². The van der Waals surface area contributed by atoms with Crippen LogP contribution in [0, 0.1) is 11.3 Å². The van der Waals surface area contributed by atoms with Crippen LogP contribution in [0.1, 0.15) is 43.8 Å². The van der Waals surface area contributed by atoms with E-state index in [1.54, 1.807) is 30.6 Å². The van der Waals surface area contributed by atoms with Crippen LogP contribution >= 0.6 is 11.3 Å². The standard InChI is InChI=1S/C26H24F3N5O3S/c1-24(2)13-25(37,8-5-17(24)21(35)36)22-32-12-19(38-22)16-6-9-30-18-11-14(3-4-15(16)18)33-23-31-10-7-20(34-23)26(27,28)29/h3-4,6-7,9-12,17,37H,5,8,13H2,1-2H3,(H,35,36)(H,31,33,34). The molecule has 2 atom stereocenters. The minimum absolute atomic E-state index is 0.184. The van der Waals surface area contributed by atoms with Crippen molar-refractivity contribution in [1.29, 1.82) is 0 Å². The molecule has 1 aliphatic rings. The topological polar surface area (TPSA) is 121 Å². The Morgan fingerprint density at radius 3 is 2.61 bits per heavy atom. The highest BCUT2D eigenvalue weighted by atomic mass is 32.1. The Hall–Kier alpha value is -3.64. The maximum atomic E-state index is 13.0. The van der Waals surface area contributed by atoms with Crippen LogP contribution in [0.4, 0.5) is 24.8 Å². The number of aliphatic carboxylic acids is 1. The molecule has 1 saturated carbocycles. The highest BCUT2D eigenvalue weighted by Gasteiger charge is 2.49. The minimum atomic E-state index is -4.58. The predicted molar refractivity (Wildman–Crippen MR) is 136 cm³/mol. The average molecular weight is 544 g/mol. The third kappa shape index (κ3) is 4.93. The van der Waals surface area contributed by atoms with Crippen LogP contribution < -0.4 is 5.32 Å². The summed E-state index contributed by atoms with van der Waals surface area (Å²) in [5, 5.41) is 25.1. The number of nitrogens with zero attached hydrogens (tertiary/aromatic N) is 4. The normalized spacial score (nSPS) is 21.4. The first-order valence-corrected chi connectivity index (χ1v) is 12.7. The summed E-state index contributed by atoms with van der Waals surface area (Å²) in [6, 6.07) is 7.81. The molecule has 0 saturated heterocycles. The molecular formula is C26H24F3N5O3S. The Bertz CT molecular complexity index is 1520. The van der Waals surface area contributed by atoms with E-state index in [1.807, 2.05) is 19.9 Å². The summed E-state index contributed by atoms with van der Waals surface area (Å²) in [7, 11) is 0. The van der Waals surface area contributed by atoms with E-state index < -0.39 is 34.8 Å². The fourth-order valence-electron chi connectivity index (χ4n) is 5.14. The molecule has 0 aliphatic heterocycles. The van der Waals surface area contributed by atoms with Crippen LogP contribution in [0.3, 0.4) is 0 Å². The summed E-state index contributed by atoms with van der Waals surface area (Å²) in [5.41, 5.74) is -0.958. The lowest BCUT2D eigenvalue weighted by molar-refractivity contribution is -0.154. The van der Waals surface area contributed by atoms with Gasteiger partial charge in [-0.3, -0.25) is 9.78 Å². The molecule has 12 heteroatoms. The van der Waals surface area contributed by atoms with Crippen molar-refractivity contribution in [3.05, 3.63) is 59.6 Å². The number of carboxylic acids is 1. The molecule has 1 fully saturated rings. The van der Waals surface area contributed by atoms with Gasteiger partial charge in [-0.15, -0.1) is 11.3 Å². The SMILES string of the molecule is CC1(C)CC(O)(c2ncc(-c3ccnc4cc(Nc5nccc(C(F)(F)F)n5)ccc34)s2)CCC1C(=O)O. The van der Waals surface area contributed by atoms with Crippen molar-refractivity contribution in [2.45, 2.75) is 44.9 Å². The number of halogens is 3. The summed E-state index contributed by atoms with van der Waals surface area (Å²) in [4.78, 5) is 28.8. The Morgan fingerprint density at radius 2 is 1.89 bits per heavy atom. The van der Waals surface area contributed by atoms with Crippen molar-refractivity contribution in [3.8, 4) is 10.4 Å². The molecule has 38 heavy (non-hydrogen) atoms. The van der Waals surface area contributed by atoms with E-state index in [2.05, 4.69) is 25.3 Å². The van der Waals surface area contributed by atoms with Gasteiger partial charge in [-0.2, -0.15) is 13.2 Å². The first-order chi connectivity index (χ1) is 17.9. The van der Waals surface area contributed by atoms with E-state index >= 15 is 0 Å². The maximum Gasteiger partial charge on any atom is 0.433 e. The first kappa shape index (κ1) is 26.0. The van der Waals surface area contributed by atoms with Gasteiger partial charge in [-0.1, -0.05) is 19.9 Å². The Morgan fingerprint density at radius 1 is 1.13 bits per heavy atom. The molecule has 2 unspecified atom stereocenters. The molecule has 3 heterocycles. The number of aromatic nitrogens is 4. The summed E-state index contributed by atoms with van der Waals surface area (Å²) in [6.45, 7) is 3.72. The van der Waals surface area contributed by atoms with Crippen molar-refractivity contribution in [3.63, 3.8) is 0 Å². The van der Waals surface area contributed by atoms with E-state index in [0.717, 1.165) is 28.1 Å². The number of fused-ring (bicyclic) bond motifs is 1. The zero-order valence-corrected chi connectivity index (χ0v) is 21.3. The summed E-state index contributed by atoms with van der Waals surface area (Å²) in [5.74, 6) is -1.57. The number of benzene rings is 1. The molecule has 8 nitrogen and oxygen atoms in total. The Balaban J connectivity index is 1.42. The third-order valence-electron chi connectivity index (χ3n) is 6.95. The van der Waals surface area contributed by atoms with Crippen LogP contribution in [0.25, 0.3) is 21.3 Å². The molecule has 3 N–H and O–H groups in total. The van der Waals surface area contributed by atoms with Gasteiger partial charge in [0.15, 0.2) is 0 Å². The summed E-state index contributed by atoms with van der Waals surface area (Å²) >= 11 is 1.35. The lowest BCUT2D eigenvalue weighted by Gasteiger charge is -2.44. The monoisotopic (exact) mass is 543 g/mol. The van der Waals surface area contributed by atoms with Crippen molar-refractivity contribution in [1.82, 2.24) is 19.9 Å². The molecule has 5 rings (SSSR count).